The Morgan fingerprint density at radius 3 is 2.81 bits per heavy atom. The van der Waals surface area contributed by atoms with Crippen molar-refractivity contribution in [2.24, 2.45) is 0 Å². The molecule has 26 heavy (non-hydrogen) atoms. The fourth-order valence-electron chi connectivity index (χ4n) is 2.85. The molecule has 2 amide bonds. The van der Waals surface area contributed by atoms with Gasteiger partial charge in [0.25, 0.3) is 11.5 Å². The molecule has 0 atom stereocenters. The highest BCUT2D eigenvalue weighted by Crippen LogP contribution is 2.20. The molecule has 2 aromatic heterocycles. The Balaban J connectivity index is 1.82. The average molecular weight is 360 g/mol. The van der Waals surface area contributed by atoms with Gasteiger partial charge in [0.15, 0.2) is 0 Å². The summed E-state index contributed by atoms with van der Waals surface area (Å²) < 4.78 is 12.0. The number of carbonyl (C=O) groups is 2. The average Bonchev–Trinajstić information content (AvgIpc) is 2.99. The van der Waals surface area contributed by atoms with E-state index >= 15 is 0 Å². The van der Waals surface area contributed by atoms with Crippen LogP contribution in [0, 0.1) is 6.92 Å². The quantitative estimate of drug-likeness (QED) is 0.757. The lowest BCUT2D eigenvalue weighted by Gasteiger charge is -2.26. The van der Waals surface area contributed by atoms with Crippen LogP contribution >= 0.6 is 0 Å². The van der Waals surface area contributed by atoms with Crippen molar-refractivity contribution in [1.82, 2.24) is 19.8 Å². The van der Waals surface area contributed by atoms with Crippen molar-refractivity contribution in [3.8, 4) is 0 Å². The predicted molar refractivity (Wildman–Crippen MR) is 92.9 cm³/mol. The van der Waals surface area contributed by atoms with E-state index in [-0.39, 0.29) is 41.4 Å². The van der Waals surface area contributed by atoms with Crippen LogP contribution in [0.25, 0.3) is 11.1 Å². The van der Waals surface area contributed by atoms with Crippen molar-refractivity contribution in [2.45, 2.75) is 13.5 Å². The predicted octanol–water partition coefficient (Wildman–Crippen LogP) is 0.0725. The summed E-state index contributed by atoms with van der Waals surface area (Å²) in [5.41, 5.74) is -0.195. The van der Waals surface area contributed by atoms with Crippen LogP contribution in [-0.2, 0) is 16.1 Å². The molecule has 138 valence electrons. The summed E-state index contributed by atoms with van der Waals surface area (Å²) in [4.78, 5) is 43.0. The van der Waals surface area contributed by atoms with E-state index in [9.17, 15) is 14.4 Å². The van der Waals surface area contributed by atoms with Gasteiger partial charge >= 0.3 is 0 Å². The molecule has 0 spiro atoms. The number of aromatic nitrogens is 2. The fourth-order valence-corrected chi connectivity index (χ4v) is 2.85. The number of nitrogens with one attached hydrogen (secondary N) is 1. The topological polar surface area (TPSA) is 107 Å². The second-order valence-electron chi connectivity index (χ2n) is 5.88. The zero-order valence-electron chi connectivity index (χ0n) is 14.5. The Hall–Kier alpha value is -2.94. The molecule has 3 heterocycles. The van der Waals surface area contributed by atoms with Gasteiger partial charge in [-0.2, -0.15) is 0 Å². The molecular weight excluding hydrogens is 340 g/mol. The third kappa shape index (κ3) is 3.38. The molecule has 0 unspecified atom stereocenters. The summed E-state index contributed by atoms with van der Waals surface area (Å²) in [7, 11) is 0. The van der Waals surface area contributed by atoms with Crippen LogP contribution in [0.4, 0.5) is 0 Å². The van der Waals surface area contributed by atoms with Crippen molar-refractivity contribution in [2.75, 3.05) is 32.8 Å². The number of hydrogen-bond acceptors (Lipinski definition) is 6. The minimum Gasteiger partial charge on any atom is -0.442 e. The number of morpholine rings is 1. The maximum Gasteiger partial charge on any atom is 0.265 e. The number of carbonyl (C=O) groups excluding carboxylic acids is 2. The fraction of sp³-hybridized carbons (Fsp3) is 0.412. The van der Waals surface area contributed by atoms with E-state index in [1.165, 1.54) is 10.9 Å². The molecule has 0 aliphatic carbocycles. The van der Waals surface area contributed by atoms with Gasteiger partial charge in [-0.05, 0) is 6.92 Å². The minimum atomic E-state index is -0.543. The Morgan fingerprint density at radius 1 is 1.38 bits per heavy atom. The monoisotopic (exact) mass is 360 g/mol. The summed E-state index contributed by atoms with van der Waals surface area (Å²) in [5.74, 6) is -0.468. The molecule has 0 radical (unpaired) electrons. The number of allylic oxidation sites excluding steroid dienone is 1. The lowest BCUT2D eigenvalue weighted by Crippen LogP contribution is -2.45. The number of fused-ring (bicyclic) bond motifs is 1. The largest absolute Gasteiger partial charge is 0.442 e. The molecule has 2 aromatic rings. The first-order valence-electron chi connectivity index (χ1n) is 8.26. The Morgan fingerprint density at radius 2 is 2.12 bits per heavy atom. The third-order valence-corrected chi connectivity index (χ3v) is 4.17. The third-order valence-electron chi connectivity index (χ3n) is 4.17. The molecule has 1 fully saturated rings. The highest BCUT2D eigenvalue weighted by molar-refractivity contribution is 6.07. The summed E-state index contributed by atoms with van der Waals surface area (Å²) in [6.45, 7) is 7.25. The normalized spacial score (nSPS) is 14.4. The second-order valence-corrected chi connectivity index (χ2v) is 5.88. The van der Waals surface area contributed by atoms with Crippen LogP contribution in [0.1, 0.15) is 16.1 Å². The van der Waals surface area contributed by atoms with Crippen LogP contribution in [0.15, 0.2) is 28.2 Å². The molecule has 9 nitrogen and oxygen atoms in total. The van der Waals surface area contributed by atoms with Crippen LogP contribution in [0.3, 0.4) is 0 Å². The number of rotatable bonds is 5. The summed E-state index contributed by atoms with van der Waals surface area (Å²) >= 11 is 0. The molecule has 1 aliphatic heterocycles. The molecular formula is C17H20N4O5. The number of ether oxygens (including phenoxy) is 1. The van der Waals surface area contributed by atoms with E-state index in [0.29, 0.717) is 26.3 Å². The molecule has 1 saturated heterocycles. The van der Waals surface area contributed by atoms with Gasteiger partial charge in [-0.15, -0.1) is 6.58 Å². The zero-order chi connectivity index (χ0) is 18.7. The van der Waals surface area contributed by atoms with Crippen molar-refractivity contribution in [1.29, 1.82) is 0 Å². The van der Waals surface area contributed by atoms with Gasteiger partial charge in [-0.3, -0.25) is 19.0 Å². The second kappa shape index (κ2) is 7.52. The number of aryl methyl sites for hydroxylation is 1. The van der Waals surface area contributed by atoms with E-state index in [4.69, 9.17) is 9.15 Å². The Labute approximate surface area is 149 Å². The lowest BCUT2D eigenvalue weighted by molar-refractivity contribution is -0.134. The van der Waals surface area contributed by atoms with Crippen LogP contribution in [0.5, 0.6) is 0 Å². The SMILES string of the molecule is C=CCn1cnc2oc(C)c(C(=O)NCC(=O)N3CCOCC3)c2c1=O. The Kier molecular flexibility index (Phi) is 5.17. The highest BCUT2D eigenvalue weighted by Gasteiger charge is 2.24. The highest BCUT2D eigenvalue weighted by atomic mass is 16.5. The molecule has 0 bridgehead atoms. The van der Waals surface area contributed by atoms with Gasteiger partial charge in [-0.1, -0.05) is 6.08 Å². The van der Waals surface area contributed by atoms with Gasteiger partial charge in [0.2, 0.25) is 11.6 Å². The first kappa shape index (κ1) is 17.9. The number of hydrogen-bond donors (Lipinski definition) is 1. The van der Waals surface area contributed by atoms with Gasteiger partial charge in [-0.25, -0.2) is 4.98 Å². The van der Waals surface area contributed by atoms with Crippen LogP contribution in [-0.4, -0.2) is 59.1 Å². The van der Waals surface area contributed by atoms with E-state index in [2.05, 4.69) is 16.9 Å². The Bertz CT molecular complexity index is 908. The van der Waals surface area contributed by atoms with Crippen molar-refractivity contribution < 1.29 is 18.7 Å². The summed E-state index contributed by atoms with van der Waals surface area (Å²) in [5, 5.41) is 2.67. The number of amides is 2. The van der Waals surface area contributed by atoms with Gasteiger partial charge in [0.05, 0.1) is 25.3 Å². The molecule has 9 heteroatoms. The maximum atomic E-state index is 12.6. The van der Waals surface area contributed by atoms with E-state index in [0.717, 1.165) is 0 Å². The summed E-state index contributed by atoms with van der Waals surface area (Å²) in [6.07, 6.45) is 2.90. The molecule has 0 saturated carbocycles. The number of nitrogens with zero attached hydrogens (tertiary/aromatic N) is 3. The lowest BCUT2D eigenvalue weighted by atomic mass is 10.1. The smallest absolute Gasteiger partial charge is 0.265 e. The molecule has 1 N–H and O–H groups in total. The van der Waals surface area contributed by atoms with Crippen molar-refractivity contribution in [3.63, 3.8) is 0 Å². The van der Waals surface area contributed by atoms with Gasteiger partial charge < -0.3 is 19.4 Å². The van der Waals surface area contributed by atoms with Crippen LogP contribution in [0.2, 0.25) is 0 Å². The van der Waals surface area contributed by atoms with Crippen molar-refractivity contribution >= 4 is 22.9 Å². The van der Waals surface area contributed by atoms with Crippen molar-refractivity contribution in [3.05, 3.63) is 40.7 Å². The first-order chi connectivity index (χ1) is 12.5. The zero-order valence-corrected chi connectivity index (χ0v) is 14.5. The first-order valence-corrected chi connectivity index (χ1v) is 8.26. The van der Waals surface area contributed by atoms with E-state index < -0.39 is 11.5 Å². The molecule has 0 aromatic carbocycles. The van der Waals surface area contributed by atoms with E-state index in [1.807, 2.05) is 0 Å². The minimum absolute atomic E-state index is 0.0949. The molecule has 3 rings (SSSR count). The maximum absolute atomic E-state index is 12.6. The molecule has 1 aliphatic rings. The standard InChI is InChI=1S/C17H20N4O5/c1-3-4-21-10-19-16-14(17(21)24)13(11(2)26-16)15(23)18-9-12(22)20-5-7-25-8-6-20/h3,10H,1,4-9H2,2H3,(H,18,23). The van der Waals surface area contributed by atoms with E-state index in [1.54, 1.807) is 17.9 Å². The van der Waals surface area contributed by atoms with Gasteiger partial charge in [0, 0.05) is 19.6 Å². The van der Waals surface area contributed by atoms with Gasteiger partial charge in [0.1, 0.15) is 17.5 Å². The van der Waals surface area contributed by atoms with Crippen LogP contribution < -0.4 is 10.9 Å². The number of furan rings is 1. The summed E-state index contributed by atoms with van der Waals surface area (Å²) in [6, 6.07) is 0.